The van der Waals surface area contributed by atoms with Crippen LogP contribution in [0.1, 0.15) is 17.2 Å². The second-order valence-corrected chi connectivity index (χ2v) is 3.23. The van der Waals surface area contributed by atoms with Gasteiger partial charge in [0, 0.05) is 24.2 Å². The van der Waals surface area contributed by atoms with E-state index < -0.39 is 34.9 Å². The van der Waals surface area contributed by atoms with Crippen LogP contribution in [0.25, 0.3) is 0 Å². The molecule has 0 aromatic heterocycles. The standard InChI is InChI=1S/C9H10F4N2O/c10-4-1-5(9(11,12)13)8(6(15)3-14)7(16)2-4/h1-2,6,16H,3,14-15H2/t6-/m0/s1. The molecule has 0 saturated heterocycles. The van der Waals surface area contributed by atoms with E-state index in [9.17, 15) is 22.7 Å². The number of phenolic OH excluding ortho intramolecular Hbond substituents is 1. The molecule has 0 aliphatic carbocycles. The number of rotatable bonds is 2. The van der Waals surface area contributed by atoms with Crippen LogP contribution in [0.15, 0.2) is 12.1 Å². The first kappa shape index (κ1) is 12.7. The van der Waals surface area contributed by atoms with E-state index in [1.54, 1.807) is 0 Å². The maximum absolute atomic E-state index is 12.8. The summed E-state index contributed by atoms with van der Waals surface area (Å²) < 4.78 is 50.4. The third-order valence-corrected chi connectivity index (χ3v) is 2.05. The summed E-state index contributed by atoms with van der Waals surface area (Å²) in [5.41, 5.74) is 8.57. The van der Waals surface area contributed by atoms with Crippen LogP contribution in [0.5, 0.6) is 5.75 Å². The van der Waals surface area contributed by atoms with Crippen molar-refractivity contribution >= 4 is 0 Å². The Balaban J connectivity index is 3.44. The molecule has 1 aromatic carbocycles. The van der Waals surface area contributed by atoms with E-state index in [1.807, 2.05) is 0 Å². The summed E-state index contributed by atoms with van der Waals surface area (Å²) in [6.07, 6.45) is -4.79. The molecule has 0 aliphatic heterocycles. The monoisotopic (exact) mass is 238 g/mol. The Hall–Kier alpha value is -1.34. The van der Waals surface area contributed by atoms with E-state index in [0.29, 0.717) is 6.07 Å². The lowest BCUT2D eigenvalue weighted by Crippen LogP contribution is -2.24. The lowest BCUT2D eigenvalue weighted by Gasteiger charge is -2.18. The molecule has 1 aromatic rings. The van der Waals surface area contributed by atoms with Crippen molar-refractivity contribution in [1.29, 1.82) is 0 Å². The third-order valence-electron chi connectivity index (χ3n) is 2.05. The largest absolute Gasteiger partial charge is 0.507 e. The van der Waals surface area contributed by atoms with E-state index in [1.165, 1.54) is 0 Å². The fourth-order valence-electron chi connectivity index (χ4n) is 1.35. The molecule has 0 amide bonds. The molecule has 1 rings (SSSR count). The van der Waals surface area contributed by atoms with Gasteiger partial charge in [0.05, 0.1) is 5.56 Å². The smallest absolute Gasteiger partial charge is 0.416 e. The van der Waals surface area contributed by atoms with Gasteiger partial charge in [0.1, 0.15) is 11.6 Å². The van der Waals surface area contributed by atoms with E-state index in [0.717, 1.165) is 0 Å². The number of nitrogens with two attached hydrogens (primary N) is 2. The molecule has 0 saturated carbocycles. The Morgan fingerprint density at radius 2 is 1.88 bits per heavy atom. The molecule has 0 unspecified atom stereocenters. The predicted octanol–water partition coefficient (Wildman–Crippen LogP) is 1.51. The second-order valence-electron chi connectivity index (χ2n) is 3.23. The molecule has 16 heavy (non-hydrogen) atoms. The molecule has 0 radical (unpaired) electrons. The highest BCUT2D eigenvalue weighted by molar-refractivity contribution is 5.43. The predicted molar refractivity (Wildman–Crippen MR) is 49.0 cm³/mol. The van der Waals surface area contributed by atoms with Crippen LogP contribution in [-0.4, -0.2) is 11.7 Å². The van der Waals surface area contributed by atoms with E-state index in [2.05, 4.69) is 0 Å². The van der Waals surface area contributed by atoms with Crippen molar-refractivity contribution in [2.45, 2.75) is 12.2 Å². The third kappa shape index (κ3) is 2.42. The van der Waals surface area contributed by atoms with Crippen LogP contribution in [0, 0.1) is 5.82 Å². The first-order chi connectivity index (χ1) is 7.27. The lowest BCUT2D eigenvalue weighted by molar-refractivity contribution is -0.138. The summed E-state index contributed by atoms with van der Waals surface area (Å²) in [5.74, 6) is -2.02. The highest BCUT2D eigenvalue weighted by Gasteiger charge is 2.36. The molecule has 0 aliphatic rings. The van der Waals surface area contributed by atoms with Crippen LogP contribution in [0.2, 0.25) is 0 Å². The van der Waals surface area contributed by atoms with Crippen LogP contribution in [0.3, 0.4) is 0 Å². The molecule has 5 N–H and O–H groups in total. The summed E-state index contributed by atoms with van der Waals surface area (Å²) >= 11 is 0. The summed E-state index contributed by atoms with van der Waals surface area (Å²) in [4.78, 5) is 0. The fraction of sp³-hybridized carbons (Fsp3) is 0.333. The highest BCUT2D eigenvalue weighted by Crippen LogP contribution is 2.38. The van der Waals surface area contributed by atoms with Gasteiger partial charge in [-0.15, -0.1) is 0 Å². The van der Waals surface area contributed by atoms with E-state index >= 15 is 0 Å². The molecule has 0 fully saturated rings. The normalized spacial score (nSPS) is 13.9. The van der Waals surface area contributed by atoms with Crippen LogP contribution >= 0.6 is 0 Å². The van der Waals surface area contributed by atoms with Gasteiger partial charge in [-0.2, -0.15) is 13.2 Å². The molecule has 7 heteroatoms. The summed E-state index contributed by atoms with van der Waals surface area (Å²) in [6, 6.07) is -0.345. The van der Waals surface area contributed by atoms with Gasteiger partial charge in [0.15, 0.2) is 0 Å². The van der Waals surface area contributed by atoms with Crippen molar-refractivity contribution in [2.24, 2.45) is 11.5 Å². The minimum atomic E-state index is -4.79. The van der Waals surface area contributed by atoms with Gasteiger partial charge in [-0.25, -0.2) is 4.39 Å². The molecule has 0 spiro atoms. The van der Waals surface area contributed by atoms with Crippen molar-refractivity contribution in [3.05, 3.63) is 29.1 Å². The van der Waals surface area contributed by atoms with Gasteiger partial charge in [-0.3, -0.25) is 0 Å². The zero-order valence-electron chi connectivity index (χ0n) is 8.05. The Labute approximate surface area is 88.7 Å². The quantitative estimate of drug-likeness (QED) is 0.684. The molecule has 1 atom stereocenters. The number of hydrogen-bond donors (Lipinski definition) is 3. The minimum absolute atomic E-state index is 0.282. The molecular weight excluding hydrogens is 228 g/mol. The Bertz CT molecular complexity index is 392. The van der Waals surface area contributed by atoms with Crippen molar-refractivity contribution in [1.82, 2.24) is 0 Å². The van der Waals surface area contributed by atoms with Crippen molar-refractivity contribution < 1.29 is 22.7 Å². The minimum Gasteiger partial charge on any atom is -0.507 e. The van der Waals surface area contributed by atoms with Gasteiger partial charge in [0.2, 0.25) is 0 Å². The summed E-state index contributed by atoms with van der Waals surface area (Å²) in [6.45, 7) is -0.289. The zero-order chi connectivity index (χ0) is 12.5. The van der Waals surface area contributed by atoms with Gasteiger partial charge >= 0.3 is 6.18 Å². The molecular formula is C9H10F4N2O. The summed E-state index contributed by atoms with van der Waals surface area (Å²) in [5, 5.41) is 9.26. The van der Waals surface area contributed by atoms with Crippen molar-refractivity contribution in [3.63, 3.8) is 0 Å². The fourth-order valence-corrected chi connectivity index (χ4v) is 1.35. The number of hydrogen-bond acceptors (Lipinski definition) is 3. The average molecular weight is 238 g/mol. The zero-order valence-corrected chi connectivity index (χ0v) is 8.05. The summed E-state index contributed by atoms with van der Waals surface area (Å²) in [7, 11) is 0. The topological polar surface area (TPSA) is 72.3 Å². The molecule has 0 heterocycles. The van der Waals surface area contributed by atoms with Gasteiger partial charge in [-0.05, 0) is 6.07 Å². The Morgan fingerprint density at radius 1 is 1.31 bits per heavy atom. The van der Waals surface area contributed by atoms with E-state index in [-0.39, 0.29) is 12.6 Å². The maximum atomic E-state index is 12.8. The number of halogens is 4. The first-order valence-corrected chi connectivity index (χ1v) is 4.32. The molecule has 90 valence electrons. The van der Waals surface area contributed by atoms with Gasteiger partial charge in [-0.1, -0.05) is 0 Å². The number of benzene rings is 1. The maximum Gasteiger partial charge on any atom is 0.416 e. The molecule has 0 bridgehead atoms. The van der Waals surface area contributed by atoms with Crippen LogP contribution < -0.4 is 11.5 Å². The highest BCUT2D eigenvalue weighted by atomic mass is 19.4. The number of aromatic hydroxyl groups is 1. The second kappa shape index (κ2) is 4.26. The van der Waals surface area contributed by atoms with Crippen LogP contribution in [0.4, 0.5) is 17.6 Å². The van der Waals surface area contributed by atoms with Gasteiger partial charge < -0.3 is 16.6 Å². The molecule has 3 nitrogen and oxygen atoms in total. The first-order valence-electron chi connectivity index (χ1n) is 4.32. The average Bonchev–Trinajstić information content (AvgIpc) is 2.14. The van der Waals surface area contributed by atoms with Crippen molar-refractivity contribution in [2.75, 3.05) is 6.54 Å². The Kier molecular flexibility index (Phi) is 3.39. The van der Waals surface area contributed by atoms with Crippen molar-refractivity contribution in [3.8, 4) is 5.75 Å². The van der Waals surface area contributed by atoms with Gasteiger partial charge in [0.25, 0.3) is 0 Å². The lowest BCUT2D eigenvalue weighted by atomic mass is 9.99. The number of phenols is 1. The number of alkyl halides is 3. The SMILES string of the molecule is NC[C@H](N)c1c(O)cc(F)cc1C(F)(F)F. The van der Waals surface area contributed by atoms with Crippen LogP contribution in [-0.2, 0) is 6.18 Å². The Morgan fingerprint density at radius 3 is 2.31 bits per heavy atom. The van der Waals surface area contributed by atoms with E-state index in [4.69, 9.17) is 11.5 Å².